The van der Waals surface area contributed by atoms with Crippen molar-refractivity contribution in [3.05, 3.63) is 0 Å². The smallest absolute Gasteiger partial charge is 0.324 e. The van der Waals surface area contributed by atoms with Gasteiger partial charge in [-0.1, -0.05) is 48.8 Å². The molecular formula is C13H23IO3. The minimum atomic E-state index is -0.441. The molecule has 0 amide bonds. The Labute approximate surface area is 118 Å². The van der Waals surface area contributed by atoms with Gasteiger partial charge in [-0.05, 0) is 26.2 Å². The highest BCUT2D eigenvalue weighted by Gasteiger charge is 2.34. The van der Waals surface area contributed by atoms with Crippen LogP contribution in [0.5, 0.6) is 0 Å². The van der Waals surface area contributed by atoms with Gasteiger partial charge in [0, 0.05) is 13.0 Å². The maximum atomic E-state index is 12.0. The molecule has 100 valence electrons. The number of carbonyl (C=O) groups excluding carboxylic acids is 1. The van der Waals surface area contributed by atoms with E-state index < -0.39 is 3.42 Å². The fourth-order valence-electron chi connectivity index (χ4n) is 2.12. The Morgan fingerprint density at radius 3 is 2.47 bits per heavy atom. The van der Waals surface area contributed by atoms with Crippen molar-refractivity contribution >= 4 is 28.6 Å². The SMILES string of the molecule is CCC(C)(I)C(=O)OC(OC)C1CCCCC1. The molecule has 0 bridgehead atoms. The molecule has 0 heterocycles. The maximum absolute atomic E-state index is 12.0. The van der Waals surface area contributed by atoms with Crippen molar-refractivity contribution in [3.8, 4) is 0 Å². The van der Waals surface area contributed by atoms with Crippen molar-refractivity contribution in [2.45, 2.75) is 62.1 Å². The van der Waals surface area contributed by atoms with Gasteiger partial charge in [0.15, 0.2) is 0 Å². The first-order valence-electron chi connectivity index (χ1n) is 6.44. The van der Waals surface area contributed by atoms with E-state index in [4.69, 9.17) is 9.47 Å². The summed E-state index contributed by atoms with van der Waals surface area (Å²) < 4.78 is 10.4. The predicted molar refractivity (Wildman–Crippen MR) is 76.2 cm³/mol. The quantitative estimate of drug-likeness (QED) is 0.327. The summed E-state index contributed by atoms with van der Waals surface area (Å²) in [6.45, 7) is 3.90. The van der Waals surface area contributed by atoms with E-state index in [1.165, 1.54) is 19.3 Å². The highest BCUT2D eigenvalue weighted by atomic mass is 127. The van der Waals surface area contributed by atoms with Gasteiger partial charge in [-0.25, -0.2) is 0 Å². The van der Waals surface area contributed by atoms with Gasteiger partial charge in [-0.15, -0.1) is 0 Å². The molecule has 1 fully saturated rings. The maximum Gasteiger partial charge on any atom is 0.324 e. The molecule has 1 aliphatic carbocycles. The lowest BCUT2D eigenvalue weighted by Gasteiger charge is -2.30. The van der Waals surface area contributed by atoms with Crippen molar-refractivity contribution in [1.29, 1.82) is 0 Å². The fraction of sp³-hybridized carbons (Fsp3) is 0.923. The van der Waals surface area contributed by atoms with Gasteiger partial charge < -0.3 is 9.47 Å². The van der Waals surface area contributed by atoms with E-state index in [0.717, 1.165) is 19.3 Å². The van der Waals surface area contributed by atoms with Gasteiger partial charge in [0.2, 0.25) is 6.29 Å². The third kappa shape index (κ3) is 4.39. The van der Waals surface area contributed by atoms with Gasteiger partial charge in [0.1, 0.15) is 3.42 Å². The van der Waals surface area contributed by atoms with E-state index in [9.17, 15) is 4.79 Å². The number of hydrogen-bond donors (Lipinski definition) is 0. The second-order valence-electron chi connectivity index (χ2n) is 4.96. The van der Waals surface area contributed by atoms with Crippen LogP contribution >= 0.6 is 22.6 Å². The summed E-state index contributed by atoms with van der Waals surface area (Å²) in [5.41, 5.74) is 0. The van der Waals surface area contributed by atoms with Crippen LogP contribution in [-0.2, 0) is 14.3 Å². The third-order valence-electron chi connectivity index (χ3n) is 3.58. The standard InChI is InChI=1S/C13H23IO3/c1-4-13(2,14)12(15)17-11(16-3)10-8-6-5-7-9-10/h10-11H,4-9H2,1-3H3. The van der Waals surface area contributed by atoms with Gasteiger partial charge in [-0.3, -0.25) is 4.79 Å². The third-order valence-corrected chi connectivity index (χ3v) is 4.78. The molecule has 1 rings (SSSR count). The first-order valence-corrected chi connectivity index (χ1v) is 7.52. The van der Waals surface area contributed by atoms with Crippen molar-refractivity contribution in [3.63, 3.8) is 0 Å². The molecule has 4 heteroatoms. The molecule has 1 aliphatic rings. The van der Waals surface area contributed by atoms with Crippen LogP contribution in [0.25, 0.3) is 0 Å². The second kappa shape index (κ2) is 6.92. The summed E-state index contributed by atoms with van der Waals surface area (Å²) in [4.78, 5) is 12.0. The molecule has 0 aliphatic heterocycles. The minimum Gasteiger partial charge on any atom is -0.434 e. The van der Waals surface area contributed by atoms with Crippen LogP contribution in [0.2, 0.25) is 0 Å². The van der Waals surface area contributed by atoms with E-state index in [0.29, 0.717) is 5.92 Å². The Morgan fingerprint density at radius 1 is 1.41 bits per heavy atom. The molecule has 0 aromatic carbocycles. The molecule has 2 unspecified atom stereocenters. The Morgan fingerprint density at radius 2 is 2.00 bits per heavy atom. The van der Waals surface area contributed by atoms with Gasteiger partial charge in [-0.2, -0.15) is 0 Å². The monoisotopic (exact) mass is 354 g/mol. The van der Waals surface area contributed by atoms with E-state index in [1.807, 2.05) is 13.8 Å². The lowest BCUT2D eigenvalue weighted by atomic mass is 9.89. The summed E-state index contributed by atoms with van der Waals surface area (Å²) in [6, 6.07) is 0. The molecule has 0 radical (unpaired) electrons. The zero-order valence-corrected chi connectivity index (χ0v) is 13.2. The molecule has 1 saturated carbocycles. The first kappa shape index (κ1) is 15.2. The van der Waals surface area contributed by atoms with Crippen molar-refractivity contribution in [1.82, 2.24) is 0 Å². The van der Waals surface area contributed by atoms with Crippen LogP contribution < -0.4 is 0 Å². The average Bonchev–Trinajstić information content (AvgIpc) is 2.36. The highest BCUT2D eigenvalue weighted by Crippen LogP contribution is 2.31. The molecular weight excluding hydrogens is 331 g/mol. The van der Waals surface area contributed by atoms with Crippen molar-refractivity contribution in [2.24, 2.45) is 5.92 Å². The molecule has 17 heavy (non-hydrogen) atoms. The number of carbonyl (C=O) groups is 1. The Bertz CT molecular complexity index is 247. The van der Waals surface area contributed by atoms with Crippen LogP contribution in [0.3, 0.4) is 0 Å². The zero-order valence-electron chi connectivity index (χ0n) is 11.0. The Balaban J connectivity index is 2.54. The van der Waals surface area contributed by atoms with Crippen LogP contribution in [0.15, 0.2) is 0 Å². The summed E-state index contributed by atoms with van der Waals surface area (Å²) in [6.07, 6.45) is 6.36. The van der Waals surface area contributed by atoms with Gasteiger partial charge in [0.05, 0.1) is 0 Å². The lowest BCUT2D eigenvalue weighted by molar-refractivity contribution is -0.188. The molecule has 2 atom stereocenters. The molecule has 0 aromatic heterocycles. The molecule has 0 spiro atoms. The largest absolute Gasteiger partial charge is 0.434 e. The normalized spacial score (nSPS) is 22.8. The summed E-state index contributed by atoms with van der Waals surface area (Å²) in [5, 5.41) is 0. The summed E-state index contributed by atoms with van der Waals surface area (Å²) >= 11 is 2.16. The second-order valence-corrected chi connectivity index (χ2v) is 7.34. The Hall–Kier alpha value is 0.160. The zero-order chi connectivity index (χ0) is 12.9. The van der Waals surface area contributed by atoms with Crippen LogP contribution in [0.4, 0.5) is 0 Å². The minimum absolute atomic E-state index is 0.155. The number of halogens is 1. The number of hydrogen-bond acceptors (Lipinski definition) is 3. The molecule has 3 nitrogen and oxygen atoms in total. The Kier molecular flexibility index (Phi) is 6.20. The van der Waals surface area contributed by atoms with Crippen molar-refractivity contribution < 1.29 is 14.3 Å². The van der Waals surface area contributed by atoms with E-state index in [-0.39, 0.29) is 12.3 Å². The molecule has 0 N–H and O–H groups in total. The van der Waals surface area contributed by atoms with Crippen LogP contribution in [0.1, 0.15) is 52.4 Å². The fourth-order valence-corrected chi connectivity index (χ4v) is 2.24. The molecule has 0 saturated heterocycles. The van der Waals surface area contributed by atoms with E-state index in [1.54, 1.807) is 7.11 Å². The van der Waals surface area contributed by atoms with Crippen LogP contribution in [-0.4, -0.2) is 22.8 Å². The number of esters is 1. The number of alkyl halides is 1. The van der Waals surface area contributed by atoms with Gasteiger partial charge in [0.25, 0.3) is 0 Å². The lowest BCUT2D eigenvalue weighted by Crippen LogP contribution is -2.37. The highest BCUT2D eigenvalue weighted by molar-refractivity contribution is 14.1. The number of methoxy groups -OCH3 is 1. The average molecular weight is 354 g/mol. The van der Waals surface area contributed by atoms with Crippen LogP contribution in [0, 0.1) is 5.92 Å². The topological polar surface area (TPSA) is 35.5 Å². The van der Waals surface area contributed by atoms with Gasteiger partial charge >= 0.3 is 5.97 Å². The van der Waals surface area contributed by atoms with Crippen molar-refractivity contribution in [2.75, 3.05) is 7.11 Å². The van der Waals surface area contributed by atoms with E-state index >= 15 is 0 Å². The molecule has 0 aromatic rings. The predicted octanol–water partition coefficient (Wildman–Crippen LogP) is 3.69. The number of ether oxygens (including phenoxy) is 2. The summed E-state index contributed by atoms with van der Waals surface area (Å²) in [7, 11) is 1.63. The summed E-state index contributed by atoms with van der Waals surface area (Å²) in [5.74, 6) is 0.222. The van der Waals surface area contributed by atoms with E-state index in [2.05, 4.69) is 22.6 Å². The first-order chi connectivity index (χ1) is 8.01. The number of rotatable bonds is 5.